The molecule has 1 aromatic heterocycles. The molecule has 0 saturated heterocycles. The van der Waals surface area contributed by atoms with Gasteiger partial charge in [-0.25, -0.2) is 0 Å². The van der Waals surface area contributed by atoms with Gasteiger partial charge < -0.3 is 19.8 Å². The molecule has 0 bridgehead atoms. The number of rotatable bonds is 8. The maximum Gasteiger partial charge on any atom is 0.192 e. The van der Waals surface area contributed by atoms with Gasteiger partial charge in [-0.05, 0) is 36.2 Å². The number of furan rings is 1. The zero-order chi connectivity index (χ0) is 17.0. The summed E-state index contributed by atoms with van der Waals surface area (Å²) >= 11 is 0. The van der Waals surface area contributed by atoms with Crippen LogP contribution < -0.4 is 15.4 Å². The van der Waals surface area contributed by atoms with Crippen LogP contribution >= 0.6 is 24.0 Å². The summed E-state index contributed by atoms with van der Waals surface area (Å²) in [7, 11) is 1.67. The average molecular weight is 453 g/mol. The topological polar surface area (TPSA) is 58.8 Å². The summed E-state index contributed by atoms with van der Waals surface area (Å²) in [6.07, 6.45) is 8.62. The average Bonchev–Trinajstić information content (AvgIpc) is 3.13. The van der Waals surface area contributed by atoms with Gasteiger partial charge in [0, 0.05) is 19.5 Å². The van der Waals surface area contributed by atoms with Crippen molar-refractivity contribution >= 4 is 29.9 Å². The molecule has 0 unspecified atom stereocenters. The Morgan fingerprint density at radius 2 is 2.00 bits per heavy atom. The van der Waals surface area contributed by atoms with Crippen molar-refractivity contribution in [3.05, 3.63) is 54.0 Å². The highest BCUT2D eigenvalue weighted by Crippen LogP contribution is 2.11. The third-order valence-corrected chi connectivity index (χ3v) is 3.43. The molecule has 1 heterocycles. The number of hydrogen-bond acceptors (Lipinski definition) is 3. The Hall–Kier alpha value is -2.14. The van der Waals surface area contributed by atoms with E-state index in [1.165, 1.54) is 5.56 Å². The highest BCUT2D eigenvalue weighted by atomic mass is 127. The molecule has 0 spiro atoms. The Balaban J connectivity index is 0.00000312. The van der Waals surface area contributed by atoms with E-state index in [2.05, 4.69) is 33.7 Å². The van der Waals surface area contributed by atoms with Crippen molar-refractivity contribution in [2.75, 3.05) is 26.7 Å². The van der Waals surface area contributed by atoms with Gasteiger partial charge in [-0.2, -0.15) is 0 Å². The van der Waals surface area contributed by atoms with Crippen LogP contribution in [0.2, 0.25) is 0 Å². The molecule has 0 aliphatic heterocycles. The van der Waals surface area contributed by atoms with E-state index in [0.29, 0.717) is 19.0 Å². The fourth-order valence-corrected chi connectivity index (χ4v) is 2.16. The molecule has 0 saturated carbocycles. The SMILES string of the molecule is C#CCNC(=NCCc1ccco1)NCCc1ccc(OC)cc1.I. The van der Waals surface area contributed by atoms with Gasteiger partial charge in [-0.15, -0.1) is 30.4 Å². The van der Waals surface area contributed by atoms with E-state index in [4.69, 9.17) is 15.6 Å². The van der Waals surface area contributed by atoms with Crippen molar-refractivity contribution in [1.82, 2.24) is 10.6 Å². The molecule has 5 nitrogen and oxygen atoms in total. The third kappa shape index (κ3) is 7.98. The third-order valence-electron chi connectivity index (χ3n) is 3.43. The largest absolute Gasteiger partial charge is 0.497 e. The molecule has 2 aromatic rings. The summed E-state index contributed by atoms with van der Waals surface area (Å²) in [6, 6.07) is 11.9. The van der Waals surface area contributed by atoms with Crippen LogP contribution in [0, 0.1) is 12.3 Å². The number of benzene rings is 1. The molecule has 0 aliphatic rings. The van der Waals surface area contributed by atoms with Crippen molar-refractivity contribution < 1.29 is 9.15 Å². The van der Waals surface area contributed by atoms with E-state index < -0.39 is 0 Å². The number of halogens is 1. The van der Waals surface area contributed by atoms with Gasteiger partial charge in [0.15, 0.2) is 5.96 Å². The van der Waals surface area contributed by atoms with Crippen LogP contribution in [0.1, 0.15) is 11.3 Å². The maximum absolute atomic E-state index is 5.31. The lowest BCUT2D eigenvalue weighted by Gasteiger charge is -2.11. The van der Waals surface area contributed by atoms with Gasteiger partial charge in [0.1, 0.15) is 11.5 Å². The first-order valence-electron chi connectivity index (χ1n) is 7.93. The fraction of sp³-hybridized carbons (Fsp3) is 0.316. The molecule has 6 heteroatoms. The smallest absolute Gasteiger partial charge is 0.192 e. The number of nitrogens with one attached hydrogen (secondary N) is 2. The van der Waals surface area contributed by atoms with E-state index in [1.54, 1.807) is 13.4 Å². The van der Waals surface area contributed by atoms with Crippen LogP contribution in [0.4, 0.5) is 0 Å². The van der Waals surface area contributed by atoms with Crippen molar-refractivity contribution in [2.24, 2.45) is 4.99 Å². The van der Waals surface area contributed by atoms with Gasteiger partial charge in [0.2, 0.25) is 0 Å². The molecular formula is C19H24IN3O2. The van der Waals surface area contributed by atoms with E-state index in [-0.39, 0.29) is 24.0 Å². The molecule has 2 rings (SSSR count). The first kappa shape index (κ1) is 20.9. The van der Waals surface area contributed by atoms with Crippen LogP contribution in [0.3, 0.4) is 0 Å². The Morgan fingerprint density at radius 3 is 2.64 bits per heavy atom. The van der Waals surface area contributed by atoms with Crippen molar-refractivity contribution in [3.8, 4) is 18.1 Å². The lowest BCUT2D eigenvalue weighted by atomic mass is 10.1. The Labute approximate surface area is 166 Å². The van der Waals surface area contributed by atoms with Crippen LogP contribution in [0.5, 0.6) is 5.75 Å². The van der Waals surface area contributed by atoms with Gasteiger partial charge in [0.25, 0.3) is 0 Å². The van der Waals surface area contributed by atoms with Crippen LogP contribution in [-0.2, 0) is 12.8 Å². The summed E-state index contributed by atoms with van der Waals surface area (Å²) in [5, 5.41) is 6.40. The zero-order valence-electron chi connectivity index (χ0n) is 14.3. The lowest BCUT2D eigenvalue weighted by molar-refractivity contribution is 0.414. The quantitative estimate of drug-likeness (QED) is 0.280. The second-order valence-corrected chi connectivity index (χ2v) is 5.14. The summed E-state index contributed by atoms with van der Waals surface area (Å²) in [6.45, 7) is 1.84. The number of guanidine groups is 1. The monoisotopic (exact) mass is 453 g/mol. The van der Waals surface area contributed by atoms with Crippen LogP contribution in [0.15, 0.2) is 52.1 Å². The predicted molar refractivity (Wildman–Crippen MR) is 112 cm³/mol. The number of hydrogen-bond donors (Lipinski definition) is 2. The first-order chi connectivity index (χ1) is 11.8. The summed E-state index contributed by atoms with van der Waals surface area (Å²) < 4.78 is 10.5. The molecule has 0 aliphatic carbocycles. The normalized spacial score (nSPS) is 10.5. The minimum Gasteiger partial charge on any atom is -0.497 e. The summed E-state index contributed by atoms with van der Waals surface area (Å²) in [5.74, 6) is 5.06. The Bertz CT molecular complexity index is 661. The molecule has 134 valence electrons. The molecular weight excluding hydrogens is 429 g/mol. The highest BCUT2D eigenvalue weighted by Gasteiger charge is 2.00. The number of nitrogens with zero attached hydrogens (tertiary/aromatic N) is 1. The fourth-order valence-electron chi connectivity index (χ4n) is 2.16. The second kappa shape index (κ2) is 12.3. The number of methoxy groups -OCH3 is 1. The Kier molecular flexibility index (Phi) is 10.2. The predicted octanol–water partition coefficient (Wildman–Crippen LogP) is 2.86. The zero-order valence-corrected chi connectivity index (χ0v) is 16.7. The molecule has 0 atom stereocenters. The van der Waals surface area contributed by atoms with Gasteiger partial charge in [-0.1, -0.05) is 18.1 Å². The molecule has 0 amide bonds. The van der Waals surface area contributed by atoms with Crippen molar-refractivity contribution in [2.45, 2.75) is 12.8 Å². The lowest BCUT2D eigenvalue weighted by Crippen LogP contribution is -2.38. The van der Waals surface area contributed by atoms with Crippen molar-refractivity contribution in [1.29, 1.82) is 0 Å². The number of terminal acetylenes is 1. The van der Waals surface area contributed by atoms with E-state index in [9.17, 15) is 0 Å². The van der Waals surface area contributed by atoms with E-state index in [1.807, 2.05) is 24.3 Å². The maximum atomic E-state index is 5.31. The van der Waals surface area contributed by atoms with Crippen LogP contribution in [-0.4, -0.2) is 32.7 Å². The standard InChI is InChI=1S/C19H23N3O2.HI/c1-3-12-20-19(22-14-11-18-5-4-15-24-18)21-13-10-16-6-8-17(23-2)9-7-16;/h1,4-9,15H,10-14H2,2H3,(H2,20,21,22);1H. The van der Waals surface area contributed by atoms with Gasteiger partial charge >= 0.3 is 0 Å². The minimum absolute atomic E-state index is 0. The van der Waals surface area contributed by atoms with E-state index in [0.717, 1.165) is 30.9 Å². The second-order valence-electron chi connectivity index (χ2n) is 5.14. The minimum atomic E-state index is 0. The van der Waals surface area contributed by atoms with E-state index >= 15 is 0 Å². The van der Waals surface area contributed by atoms with Gasteiger partial charge in [-0.3, -0.25) is 4.99 Å². The number of aliphatic imine (C=N–C) groups is 1. The van der Waals surface area contributed by atoms with Gasteiger partial charge in [0.05, 0.1) is 19.9 Å². The first-order valence-corrected chi connectivity index (χ1v) is 7.93. The molecule has 0 radical (unpaired) electrons. The summed E-state index contributed by atoms with van der Waals surface area (Å²) in [5.41, 5.74) is 1.23. The molecule has 2 N–H and O–H groups in total. The van der Waals surface area contributed by atoms with Crippen LogP contribution in [0.25, 0.3) is 0 Å². The molecule has 25 heavy (non-hydrogen) atoms. The Morgan fingerprint density at radius 1 is 1.20 bits per heavy atom. The highest BCUT2D eigenvalue weighted by molar-refractivity contribution is 14.0. The number of ether oxygens (including phenoxy) is 1. The molecule has 0 fully saturated rings. The van der Waals surface area contributed by atoms with Crippen molar-refractivity contribution in [3.63, 3.8) is 0 Å². The summed E-state index contributed by atoms with van der Waals surface area (Å²) in [4.78, 5) is 4.51. The molecule has 1 aromatic carbocycles.